The lowest BCUT2D eigenvalue weighted by atomic mass is 9.33. The van der Waals surface area contributed by atoms with Crippen molar-refractivity contribution in [2.24, 2.45) is 0 Å². The van der Waals surface area contributed by atoms with Crippen LogP contribution in [0, 0.1) is 0 Å². The molecule has 3 aromatic heterocycles. The maximum Gasteiger partial charge on any atom is 0.252 e. The van der Waals surface area contributed by atoms with Gasteiger partial charge in [-0.15, -0.1) is 0 Å². The number of hydrogen-bond acceptors (Lipinski definition) is 2. The molecule has 0 bridgehead atoms. The average Bonchev–Trinajstić information content (AvgIpc) is 0.771. The first-order valence-electron chi connectivity index (χ1n) is 41.5. The van der Waals surface area contributed by atoms with Crippen molar-refractivity contribution in [1.82, 2.24) is 13.7 Å². The van der Waals surface area contributed by atoms with Crippen molar-refractivity contribution in [2.45, 2.75) is 249 Å². The second kappa shape index (κ2) is 25.2. The Kier molecular flexibility index (Phi) is 17.3. The molecule has 5 nitrogen and oxygen atoms in total. The monoisotopic (exact) mass is 1510 g/mol. The summed E-state index contributed by atoms with van der Waals surface area (Å²) >= 11 is 0. The minimum atomic E-state index is -1.80. The average molecular weight is 1510 g/mol. The Morgan fingerprint density at radius 1 is 0.214 bits per heavy atom. The largest absolute Gasteiger partial charge is 0.311 e. The summed E-state index contributed by atoms with van der Waals surface area (Å²) in [4.78, 5) is 5.48. The Morgan fingerprint density at radius 3 is 0.714 bits per heavy atom. The molecule has 0 saturated heterocycles. The van der Waals surface area contributed by atoms with Crippen molar-refractivity contribution in [3.8, 4) is 17.1 Å². The lowest BCUT2D eigenvalue weighted by molar-refractivity contribution is 0.568. The van der Waals surface area contributed by atoms with Gasteiger partial charge in [-0.2, -0.15) is 0 Å². The van der Waals surface area contributed by atoms with Gasteiger partial charge in [0.05, 0.1) is 54.9 Å². The molecule has 0 unspecified atom stereocenters. The molecule has 112 heavy (non-hydrogen) atoms. The zero-order valence-corrected chi connectivity index (χ0v) is 75.3. The van der Waals surface area contributed by atoms with E-state index in [4.69, 9.17) is 0 Å². The SMILES string of the molecule is CC(C)(C)c1cc(N2c3cc(-n4c5ccc(C(C)(C)C)cc5c5cc(C(C)(C)C)ccc54)ccc3B3c4ccc(-n5c6ccc(C(C)(C)C)cc6c6cc(C(C)(C)C)ccc65)cc4N(c4cc(C(C)(C)C)cc(C(C)(C)C)c4)c4cc(-n5c6ccc([Si](C)(C)C)cc6c6cc([Si](C)(C)C)ccc65)cc2c43)cc(C(C)(C)C)c1. The van der Waals surface area contributed by atoms with E-state index in [-0.39, 0.29) is 50.0 Å². The van der Waals surface area contributed by atoms with Crippen LogP contribution in [0.2, 0.25) is 39.3 Å². The van der Waals surface area contributed by atoms with Crippen molar-refractivity contribution >= 4 is 149 Å². The van der Waals surface area contributed by atoms with Crippen molar-refractivity contribution in [2.75, 3.05) is 9.80 Å². The van der Waals surface area contributed by atoms with Crippen LogP contribution in [0.1, 0.15) is 211 Å². The van der Waals surface area contributed by atoms with Crippen LogP contribution in [-0.2, 0) is 43.3 Å². The number of hydrogen-bond donors (Lipinski definition) is 0. The Hall–Kier alpha value is -9.08. The van der Waals surface area contributed by atoms with Gasteiger partial charge in [0.15, 0.2) is 0 Å². The van der Waals surface area contributed by atoms with Gasteiger partial charge in [0.25, 0.3) is 6.71 Å². The summed E-state index contributed by atoms with van der Waals surface area (Å²) in [5, 5.41) is 10.7. The fourth-order valence-electron chi connectivity index (χ4n) is 17.8. The summed E-state index contributed by atoms with van der Waals surface area (Å²) < 4.78 is 7.84. The standard InChI is InChI=1S/C104H122BN5Si2/c1-97(2,3)63-31-41-86-78(53-63)79-54-64(98(4,5)6)32-42-87(79)106(86)71-35-39-84-92(57-71)109(73-49-67(101(13,14)15)47-68(50-73)102(16,17)18)94-59-75(108-90-45-37-76(111(25,26)27)61-82(90)83-62-77(112(28,29)30)38-46-91(83)108)60-95-96(94)105(84)85-40-36-72(58-93(85)110(95)74-51-69(103(19,20)21)48-70(52-74)104(22,23)24)107-88-43-33-65(99(7,8)9)55-80(88)81-56-66(100(10,11)12)34-44-89(81)107/h31-62H,1-30H3. The minimum Gasteiger partial charge on any atom is -0.311 e. The van der Waals surface area contributed by atoms with Gasteiger partial charge in [0, 0.05) is 77.8 Å². The summed E-state index contributed by atoms with van der Waals surface area (Å²) in [5.41, 5.74) is 31.3. The molecule has 574 valence electrons. The first-order valence-corrected chi connectivity index (χ1v) is 48.5. The van der Waals surface area contributed by atoms with E-state index in [9.17, 15) is 0 Å². The van der Waals surface area contributed by atoms with Crippen LogP contribution in [0.4, 0.5) is 34.1 Å². The smallest absolute Gasteiger partial charge is 0.252 e. The summed E-state index contributed by atoms with van der Waals surface area (Å²) in [6.07, 6.45) is 0. The van der Waals surface area contributed by atoms with Gasteiger partial charge in [-0.25, -0.2) is 0 Å². The lowest BCUT2D eigenvalue weighted by Gasteiger charge is -2.45. The zero-order valence-electron chi connectivity index (χ0n) is 73.3. The van der Waals surface area contributed by atoms with Gasteiger partial charge >= 0.3 is 0 Å². The Labute approximate surface area is 672 Å². The normalized spacial score (nSPS) is 14.3. The Morgan fingerprint density at radius 2 is 0.455 bits per heavy atom. The third-order valence-corrected chi connectivity index (χ3v) is 29.2. The number of aromatic nitrogens is 3. The predicted molar refractivity (Wildman–Crippen MR) is 499 cm³/mol. The lowest BCUT2D eigenvalue weighted by Crippen LogP contribution is -2.61. The molecule has 0 amide bonds. The van der Waals surface area contributed by atoms with Crippen molar-refractivity contribution in [3.63, 3.8) is 0 Å². The summed E-state index contributed by atoms with van der Waals surface area (Å²) in [7, 11) is -3.59. The number of anilines is 6. The molecule has 0 aliphatic carbocycles. The van der Waals surface area contributed by atoms with E-state index < -0.39 is 16.1 Å². The highest BCUT2D eigenvalue weighted by Crippen LogP contribution is 2.52. The van der Waals surface area contributed by atoms with E-state index in [1.54, 1.807) is 0 Å². The molecule has 16 rings (SSSR count). The molecular formula is C104H122BN5Si2. The third-order valence-electron chi connectivity index (χ3n) is 25.1. The highest BCUT2D eigenvalue weighted by Gasteiger charge is 2.46. The quantitative estimate of drug-likeness (QED) is 0.148. The van der Waals surface area contributed by atoms with E-state index in [0.29, 0.717) is 0 Å². The fourth-order valence-corrected chi connectivity index (χ4v) is 20.2. The Bertz CT molecular complexity index is 5670. The van der Waals surface area contributed by atoms with Gasteiger partial charge in [0.2, 0.25) is 0 Å². The van der Waals surface area contributed by atoms with Crippen LogP contribution in [0.3, 0.4) is 0 Å². The molecule has 0 spiro atoms. The zero-order chi connectivity index (χ0) is 80.7. The van der Waals surface area contributed by atoms with Gasteiger partial charge < -0.3 is 23.5 Å². The van der Waals surface area contributed by atoms with Gasteiger partial charge in [0.1, 0.15) is 0 Å². The highest BCUT2D eigenvalue weighted by molar-refractivity contribution is 7.00. The third kappa shape index (κ3) is 13.0. The molecule has 0 saturated carbocycles. The van der Waals surface area contributed by atoms with E-state index in [1.807, 2.05) is 0 Å². The predicted octanol–water partition coefficient (Wildman–Crippen LogP) is 26.5. The van der Waals surface area contributed by atoms with Crippen molar-refractivity contribution in [3.05, 3.63) is 239 Å². The molecule has 5 heterocycles. The van der Waals surface area contributed by atoms with Crippen LogP contribution in [0.15, 0.2) is 194 Å². The maximum atomic E-state index is 2.74. The Balaban J connectivity index is 1.10. The molecule has 14 aromatic rings. The summed E-state index contributed by atoms with van der Waals surface area (Å²) in [6, 6.07) is 79.9. The van der Waals surface area contributed by atoms with Crippen LogP contribution in [0.25, 0.3) is 82.5 Å². The van der Waals surface area contributed by atoms with Crippen molar-refractivity contribution in [1.29, 1.82) is 0 Å². The number of rotatable bonds is 7. The molecule has 0 atom stereocenters. The van der Waals surface area contributed by atoms with E-state index in [0.717, 1.165) is 28.4 Å². The molecule has 0 N–H and O–H groups in total. The second-order valence-corrected chi connectivity index (χ2v) is 54.1. The number of nitrogens with zero attached hydrogens (tertiary/aromatic N) is 5. The van der Waals surface area contributed by atoms with Gasteiger partial charge in [-0.05, 0) is 226 Å². The minimum absolute atomic E-state index is 0.0467. The molecule has 0 radical (unpaired) electrons. The second-order valence-electron chi connectivity index (χ2n) is 43.9. The number of fused-ring (bicyclic) bond motifs is 13. The highest BCUT2D eigenvalue weighted by atomic mass is 28.3. The van der Waals surface area contributed by atoms with Crippen LogP contribution >= 0.6 is 0 Å². The number of benzene rings is 11. The van der Waals surface area contributed by atoms with E-state index in [2.05, 4.69) is 423 Å². The van der Waals surface area contributed by atoms with Gasteiger partial charge in [-0.1, -0.05) is 289 Å². The first-order chi connectivity index (χ1) is 51.8. The van der Waals surface area contributed by atoms with Crippen LogP contribution in [0.5, 0.6) is 0 Å². The maximum absolute atomic E-state index is 2.74. The molecule has 11 aromatic carbocycles. The summed E-state index contributed by atoms with van der Waals surface area (Å²) in [6.45, 7) is 71.7. The van der Waals surface area contributed by atoms with Crippen LogP contribution in [-0.4, -0.2) is 36.6 Å². The van der Waals surface area contributed by atoms with E-state index >= 15 is 0 Å². The molecule has 8 heteroatoms. The van der Waals surface area contributed by atoms with Gasteiger partial charge in [-0.3, -0.25) is 0 Å². The van der Waals surface area contributed by atoms with Crippen LogP contribution < -0.4 is 36.6 Å². The molecular weight excluding hydrogens is 1390 g/mol. The van der Waals surface area contributed by atoms with E-state index in [1.165, 1.54) is 159 Å². The summed E-state index contributed by atoms with van der Waals surface area (Å²) in [5.74, 6) is 0. The molecule has 0 fully saturated rings. The topological polar surface area (TPSA) is 21.3 Å². The molecule has 2 aliphatic rings. The molecule has 2 aliphatic heterocycles. The van der Waals surface area contributed by atoms with Crippen molar-refractivity contribution < 1.29 is 0 Å². The first kappa shape index (κ1) is 76.9. The fraction of sp³-hybridized carbons (Fsp3) is 0.365.